The summed E-state index contributed by atoms with van der Waals surface area (Å²) in [4.78, 5) is 19.6. The maximum atomic E-state index is 6.42. The zero-order chi connectivity index (χ0) is 32.3. The molecule has 0 N–H and O–H groups in total. The van der Waals surface area contributed by atoms with Crippen LogP contribution in [0.5, 0.6) is 0 Å². The molecule has 0 aliphatic carbocycles. The SMILES string of the molecule is c1ccc(-c2nc(-c3ccc4ccccc4c3)nc(-c3cccc4c(-c5cccc6oc7cc8ccncc8cc7c56)cccc34)n2)cc1. The molecular formula is C44H26N4O. The summed E-state index contributed by atoms with van der Waals surface area (Å²) in [7, 11) is 0. The van der Waals surface area contributed by atoms with E-state index in [0.29, 0.717) is 17.5 Å². The van der Waals surface area contributed by atoms with Crippen LogP contribution in [0.25, 0.3) is 99.5 Å². The first kappa shape index (κ1) is 27.4. The molecule has 0 unspecified atom stereocenters. The zero-order valence-electron chi connectivity index (χ0n) is 26.2. The predicted octanol–water partition coefficient (Wildman–Crippen LogP) is 11.3. The molecule has 0 atom stereocenters. The number of nitrogens with zero attached hydrogens (tertiary/aromatic N) is 4. The molecule has 10 rings (SSSR count). The molecule has 0 radical (unpaired) electrons. The van der Waals surface area contributed by atoms with E-state index >= 15 is 0 Å². The minimum atomic E-state index is 0.630. The third kappa shape index (κ3) is 4.55. The summed E-state index contributed by atoms with van der Waals surface area (Å²) in [5.74, 6) is 1.91. The fourth-order valence-electron chi connectivity index (χ4n) is 7.04. The van der Waals surface area contributed by atoms with Crippen LogP contribution in [-0.2, 0) is 0 Å². The van der Waals surface area contributed by atoms with Gasteiger partial charge < -0.3 is 4.42 Å². The Labute approximate surface area is 281 Å². The van der Waals surface area contributed by atoms with E-state index in [0.717, 1.165) is 76.7 Å². The summed E-state index contributed by atoms with van der Waals surface area (Å²) in [6.07, 6.45) is 3.72. The van der Waals surface area contributed by atoms with Gasteiger partial charge in [0.05, 0.1) is 0 Å². The molecule has 0 saturated heterocycles. The van der Waals surface area contributed by atoms with Crippen molar-refractivity contribution in [3.05, 3.63) is 158 Å². The molecule has 0 aliphatic heterocycles. The van der Waals surface area contributed by atoms with Crippen LogP contribution in [0.4, 0.5) is 0 Å². The molecule has 228 valence electrons. The number of aromatic nitrogens is 4. The largest absolute Gasteiger partial charge is 0.456 e. The average Bonchev–Trinajstić information content (AvgIpc) is 3.54. The van der Waals surface area contributed by atoms with E-state index < -0.39 is 0 Å². The highest BCUT2D eigenvalue weighted by molar-refractivity contribution is 6.18. The van der Waals surface area contributed by atoms with Gasteiger partial charge in [0.2, 0.25) is 0 Å². The Morgan fingerprint density at radius 3 is 1.96 bits per heavy atom. The maximum Gasteiger partial charge on any atom is 0.164 e. The first-order valence-electron chi connectivity index (χ1n) is 16.3. The predicted molar refractivity (Wildman–Crippen MR) is 199 cm³/mol. The minimum absolute atomic E-state index is 0.630. The van der Waals surface area contributed by atoms with Gasteiger partial charge in [0, 0.05) is 45.2 Å². The maximum absolute atomic E-state index is 6.42. The lowest BCUT2D eigenvalue weighted by Crippen LogP contribution is -2.00. The summed E-state index contributed by atoms with van der Waals surface area (Å²) in [6.45, 7) is 0. The average molecular weight is 627 g/mol. The Morgan fingerprint density at radius 2 is 1.08 bits per heavy atom. The third-order valence-electron chi connectivity index (χ3n) is 9.38. The quantitative estimate of drug-likeness (QED) is 0.194. The molecule has 10 aromatic rings. The second-order valence-electron chi connectivity index (χ2n) is 12.3. The number of hydrogen-bond acceptors (Lipinski definition) is 5. The number of fused-ring (bicyclic) bond motifs is 6. The van der Waals surface area contributed by atoms with Crippen molar-refractivity contribution in [2.45, 2.75) is 0 Å². The van der Waals surface area contributed by atoms with Gasteiger partial charge in [-0.15, -0.1) is 0 Å². The van der Waals surface area contributed by atoms with Gasteiger partial charge in [-0.05, 0) is 68.4 Å². The highest BCUT2D eigenvalue weighted by atomic mass is 16.3. The van der Waals surface area contributed by atoms with E-state index in [1.165, 1.54) is 5.39 Å². The van der Waals surface area contributed by atoms with E-state index in [-0.39, 0.29) is 0 Å². The second-order valence-corrected chi connectivity index (χ2v) is 12.3. The van der Waals surface area contributed by atoms with Gasteiger partial charge in [-0.25, -0.2) is 15.0 Å². The second kappa shape index (κ2) is 10.9. The van der Waals surface area contributed by atoms with Crippen LogP contribution in [-0.4, -0.2) is 19.9 Å². The van der Waals surface area contributed by atoms with Gasteiger partial charge in [-0.3, -0.25) is 4.98 Å². The lowest BCUT2D eigenvalue weighted by Gasteiger charge is -2.13. The van der Waals surface area contributed by atoms with Crippen molar-refractivity contribution in [1.82, 2.24) is 19.9 Å². The van der Waals surface area contributed by atoms with Gasteiger partial charge in [-0.1, -0.05) is 115 Å². The molecule has 0 saturated carbocycles. The molecule has 3 heterocycles. The van der Waals surface area contributed by atoms with E-state index in [1.54, 1.807) is 0 Å². The standard InChI is InChI=1S/C44H26N4O/c1-2-10-28(11-3-1)42-46-43(31-20-19-27-9-4-5-12-29(27)23-31)48-44(47-42)37-17-7-13-33-34(14-6-15-35(33)37)36-16-8-18-39-41(36)38-24-32-26-45-22-21-30(32)25-40(38)49-39/h1-26H. The molecule has 3 aromatic heterocycles. The van der Waals surface area contributed by atoms with Crippen LogP contribution < -0.4 is 0 Å². The highest BCUT2D eigenvalue weighted by Gasteiger charge is 2.18. The molecule has 0 aliphatic rings. The lowest BCUT2D eigenvalue weighted by molar-refractivity contribution is 0.669. The molecule has 5 nitrogen and oxygen atoms in total. The molecule has 0 spiro atoms. The smallest absolute Gasteiger partial charge is 0.164 e. The summed E-state index contributed by atoms with van der Waals surface area (Å²) >= 11 is 0. The molecule has 0 fully saturated rings. The molecule has 0 bridgehead atoms. The Morgan fingerprint density at radius 1 is 0.388 bits per heavy atom. The molecule has 5 heteroatoms. The van der Waals surface area contributed by atoms with Gasteiger partial charge in [-0.2, -0.15) is 0 Å². The van der Waals surface area contributed by atoms with Gasteiger partial charge in [0.15, 0.2) is 17.5 Å². The normalized spacial score (nSPS) is 11.7. The van der Waals surface area contributed by atoms with Crippen LogP contribution in [0.15, 0.2) is 162 Å². The van der Waals surface area contributed by atoms with Crippen LogP contribution >= 0.6 is 0 Å². The third-order valence-corrected chi connectivity index (χ3v) is 9.38. The topological polar surface area (TPSA) is 64.7 Å². The Balaban J connectivity index is 1.19. The summed E-state index contributed by atoms with van der Waals surface area (Å²) < 4.78 is 6.42. The number of hydrogen-bond donors (Lipinski definition) is 0. The summed E-state index contributed by atoms with van der Waals surface area (Å²) in [5.41, 5.74) is 6.78. The summed E-state index contributed by atoms with van der Waals surface area (Å²) in [6, 6.07) is 50.3. The Kier molecular flexibility index (Phi) is 6.11. The van der Waals surface area contributed by atoms with Crippen molar-refractivity contribution in [1.29, 1.82) is 0 Å². The Hall–Kier alpha value is -6.72. The fourth-order valence-corrected chi connectivity index (χ4v) is 7.04. The molecule has 49 heavy (non-hydrogen) atoms. The van der Waals surface area contributed by atoms with E-state index in [4.69, 9.17) is 19.4 Å². The number of benzene rings is 7. The van der Waals surface area contributed by atoms with Crippen LogP contribution in [0.1, 0.15) is 0 Å². The van der Waals surface area contributed by atoms with Crippen LogP contribution in [0.3, 0.4) is 0 Å². The number of furan rings is 1. The van der Waals surface area contributed by atoms with Crippen molar-refractivity contribution in [3.63, 3.8) is 0 Å². The van der Waals surface area contributed by atoms with Crippen LogP contribution in [0, 0.1) is 0 Å². The lowest BCUT2D eigenvalue weighted by atomic mass is 9.92. The first-order chi connectivity index (χ1) is 24.3. The van der Waals surface area contributed by atoms with Crippen molar-refractivity contribution < 1.29 is 4.42 Å². The number of rotatable bonds is 4. The zero-order valence-corrected chi connectivity index (χ0v) is 26.2. The molecule has 0 amide bonds. The van der Waals surface area contributed by atoms with E-state index in [2.05, 4.69) is 108 Å². The van der Waals surface area contributed by atoms with Crippen molar-refractivity contribution in [2.75, 3.05) is 0 Å². The minimum Gasteiger partial charge on any atom is -0.456 e. The van der Waals surface area contributed by atoms with Crippen LogP contribution in [0.2, 0.25) is 0 Å². The van der Waals surface area contributed by atoms with E-state index in [9.17, 15) is 0 Å². The van der Waals surface area contributed by atoms with Crippen molar-refractivity contribution in [2.24, 2.45) is 0 Å². The molecular weight excluding hydrogens is 601 g/mol. The first-order valence-corrected chi connectivity index (χ1v) is 16.3. The number of pyridine rings is 1. The van der Waals surface area contributed by atoms with Gasteiger partial charge in [0.1, 0.15) is 11.2 Å². The van der Waals surface area contributed by atoms with Gasteiger partial charge >= 0.3 is 0 Å². The highest BCUT2D eigenvalue weighted by Crippen LogP contribution is 2.42. The fraction of sp³-hybridized carbons (Fsp3) is 0. The Bertz CT molecular complexity index is 2890. The van der Waals surface area contributed by atoms with Gasteiger partial charge in [0.25, 0.3) is 0 Å². The molecule has 7 aromatic carbocycles. The monoisotopic (exact) mass is 626 g/mol. The van der Waals surface area contributed by atoms with Crippen molar-refractivity contribution >= 4 is 54.3 Å². The van der Waals surface area contributed by atoms with E-state index in [1.807, 2.05) is 54.9 Å². The summed E-state index contributed by atoms with van der Waals surface area (Å²) in [5, 5.41) is 8.84. The van der Waals surface area contributed by atoms with Crippen molar-refractivity contribution in [3.8, 4) is 45.3 Å².